The number of rotatable bonds is 2. The molecule has 0 aliphatic rings. The van der Waals surface area contributed by atoms with E-state index >= 15 is 0 Å². The van der Waals surface area contributed by atoms with Gasteiger partial charge >= 0.3 is 0 Å². The number of hydrogen-bond acceptors (Lipinski definition) is 3. The van der Waals surface area contributed by atoms with E-state index in [4.69, 9.17) is 5.73 Å². The van der Waals surface area contributed by atoms with Crippen LogP contribution in [0.25, 0.3) is 22.4 Å². The Morgan fingerprint density at radius 2 is 1.80 bits per heavy atom. The number of aromatic nitrogens is 3. The van der Waals surface area contributed by atoms with E-state index in [-0.39, 0.29) is 11.4 Å². The Hall–Kier alpha value is -2.76. The van der Waals surface area contributed by atoms with Crippen molar-refractivity contribution in [3.05, 3.63) is 54.4 Å². The van der Waals surface area contributed by atoms with Crippen LogP contribution in [0.3, 0.4) is 0 Å². The highest BCUT2D eigenvalue weighted by atomic mass is 19.1. The lowest BCUT2D eigenvalue weighted by Gasteiger charge is -2.05. The number of pyridine rings is 1. The number of nitrogens with two attached hydrogens (primary N) is 1. The molecule has 3 aromatic rings. The first-order valence-electron chi connectivity index (χ1n) is 5.86. The number of hydrogen-bond donors (Lipinski definition) is 2. The van der Waals surface area contributed by atoms with Crippen molar-refractivity contribution < 1.29 is 8.78 Å². The van der Waals surface area contributed by atoms with Gasteiger partial charge in [0.1, 0.15) is 11.6 Å². The molecule has 0 spiro atoms. The third kappa shape index (κ3) is 2.01. The van der Waals surface area contributed by atoms with Gasteiger partial charge in [-0.3, -0.25) is 10.1 Å². The summed E-state index contributed by atoms with van der Waals surface area (Å²) >= 11 is 0. The maximum absolute atomic E-state index is 13.9. The van der Waals surface area contributed by atoms with Crippen molar-refractivity contribution in [2.24, 2.45) is 0 Å². The first kappa shape index (κ1) is 12.3. The topological polar surface area (TPSA) is 67.6 Å². The zero-order valence-electron chi connectivity index (χ0n) is 10.3. The highest BCUT2D eigenvalue weighted by Crippen LogP contribution is 2.35. The van der Waals surface area contributed by atoms with E-state index in [2.05, 4.69) is 15.2 Å². The summed E-state index contributed by atoms with van der Waals surface area (Å²) in [7, 11) is 0. The Balaban J connectivity index is 2.21. The molecule has 0 atom stereocenters. The number of anilines is 1. The molecule has 0 aliphatic carbocycles. The van der Waals surface area contributed by atoms with Gasteiger partial charge in [-0.1, -0.05) is 0 Å². The second kappa shape index (κ2) is 4.73. The van der Waals surface area contributed by atoms with Crippen LogP contribution in [0.2, 0.25) is 0 Å². The van der Waals surface area contributed by atoms with Crippen molar-refractivity contribution in [1.29, 1.82) is 0 Å². The molecule has 3 rings (SSSR count). The molecule has 0 saturated heterocycles. The Morgan fingerprint density at radius 1 is 1.05 bits per heavy atom. The molecule has 0 fully saturated rings. The fourth-order valence-electron chi connectivity index (χ4n) is 2.05. The van der Waals surface area contributed by atoms with Crippen LogP contribution in [0.1, 0.15) is 0 Å². The monoisotopic (exact) mass is 272 g/mol. The second-order valence-electron chi connectivity index (χ2n) is 4.22. The Labute approximate surface area is 113 Å². The minimum Gasteiger partial charge on any atom is -0.382 e. The minimum absolute atomic E-state index is 0.211. The fourth-order valence-corrected chi connectivity index (χ4v) is 2.05. The van der Waals surface area contributed by atoms with E-state index in [0.29, 0.717) is 11.3 Å². The van der Waals surface area contributed by atoms with Crippen LogP contribution in [-0.2, 0) is 0 Å². The molecule has 3 N–H and O–H groups in total. The molecule has 0 saturated carbocycles. The van der Waals surface area contributed by atoms with Crippen molar-refractivity contribution in [2.45, 2.75) is 0 Å². The summed E-state index contributed by atoms with van der Waals surface area (Å²) in [6.45, 7) is 0. The highest BCUT2D eigenvalue weighted by Gasteiger charge is 2.17. The lowest BCUT2D eigenvalue weighted by Crippen LogP contribution is -1.91. The third-order valence-corrected chi connectivity index (χ3v) is 2.96. The van der Waals surface area contributed by atoms with E-state index in [1.54, 1.807) is 24.5 Å². The zero-order chi connectivity index (χ0) is 14.1. The van der Waals surface area contributed by atoms with Gasteiger partial charge in [-0.2, -0.15) is 5.10 Å². The molecular formula is C14H10F2N4. The Bertz CT molecular complexity index is 753. The number of H-pyrrole nitrogens is 1. The van der Waals surface area contributed by atoms with Gasteiger partial charge in [-0.15, -0.1) is 0 Å². The molecule has 2 aromatic heterocycles. The van der Waals surface area contributed by atoms with Crippen LogP contribution in [0, 0.1) is 11.6 Å². The predicted molar refractivity (Wildman–Crippen MR) is 71.6 cm³/mol. The third-order valence-electron chi connectivity index (χ3n) is 2.96. The molecular weight excluding hydrogens is 262 g/mol. The SMILES string of the molecule is Nc1n[nH]c(-c2ccc(F)cc2F)c1-c1ccncc1. The summed E-state index contributed by atoms with van der Waals surface area (Å²) in [5.41, 5.74) is 7.77. The van der Waals surface area contributed by atoms with Crippen LogP contribution < -0.4 is 5.73 Å². The summed E-state index contributed by atoms with van der Waals surface area (Å²) in [6.07, 6.45) is 3.21. The Morgan fingerprint density at radius 3 is 2.50 bits per heavy atom. The van der Waals surface area contributed by atoms with Gasteiger partial charge in [0, 0.05) is 24.0 Å². The summed E-state index contributed by atoms with van der Waals surface area (Å²) in [6, 6.07) is 6.84. The lowest BCUT2D eigenvalue weighted by molar-refractivity contribution is 0.585. The van der Waals surface area contributed by atoms with Gasteiger partial charge in [-0.25, -0.2) is 8.78 Å². The van der Waals surface area contributed by atoms with Gasteiger partial charge in [0.25, 0.3) is 0 Å². The number of nitrogens with one attached hydrogen (secondary N) is 1. The van der Waals surface area contributed by atoms with Crippen LogP contribution in [-0.4, -0.2) is 15.2 Å². The molecule has 2 heterocycles. The molecule has 0 unspecified atom stereocenters. The van der Waals surface area contributed by atoms with Gasteiger partial charge in [-0.05, 0) is 29.8 Å². The van der Waals surface area contributed by atoms with Crippen LogP contribution in [0.4, 0.5) is 14.6 Å². The maximum Gasteiger partial charge on any atom is 0.153 e. The summed E-state index contributed by atoms with van der Waals surface area (Å²) < 4.78 is 26.9. The molecule has 4 nitrogen and oxygen atoms in total. The molecule has 0 aliphatic heterocycles. The number of nitrogens with zero attached hydrogens (tertiary/aromatic N) is 2. The molecule has 6 heteroatoms. The summed E-state index contributed by atoms with van der Waals surface area (Å²) in [4.78, 5) is 3.92. The second-order valence-corrected chi connectivity index (χ2v) is 4.22. The number of benzene rings is 1. The molecule has 1 aromatic carbocycles. The quantitative estimate of drug-likeness (QED) is 0.753. The summed E-state index contributed by atoms with van der Waals surface area (Å²) in [5.74, 6) is -1.07. The van der Waals surface area contributed by atoms with Gasteiger partial charge < -0.3 is 5.73 Å². The van der Waals surface area contributed by atoms with Crippen LogP contribution in [0.5, 0.6) is 0 Å². The standard InChI is InChI=1S/C14H10F2N4/c15-9-1-2-10(11(16)7-9)13-12(14(17)20-19-13)8-3-5-18-6-4-8/h1-7H,(H3,17,19,20). The molecule has 20 heavy (non-hydrogen) atoms. The predicted octanol–water partition coefficient (Wildman–Crippen LogP) is 3.00. The average Bonchev–Trinajstić information content (AvgIpc) is 2.81. The molecule has 0 radical (unpaired) electrons. The van der Waals surface area contributed by atoms with Gasteiger partial charge in [0.15, 0.2) is 5.82 Å². The molecule has 0 bridgehead atoms. The molecule has 0 amide bonds. The van der Waals surface area contributed by atoms with E-state index in [1.165, 1.54) is 12.1 Å². The number of nitrogen functional groups attached to an aromatic ring is 1. The van der Waals surface area contributed by atoms with Crippen molar-refractivity contribution in [2.75, 3.05) is 5.73 Å². The first-order valence-corrected chi connectivity index (χ1v) is 5.86. The zero-order valence-corrected chi connectivity index (χ0v) is 10.3. The van der Waals surface area contributed by atoms with Crippen LogP contribution >= 0.6 is 0 Å². The molecule has 100 valence electrons. The van der Waals surface area contributed by atoms with Crippen molar-refractivity contribution in [3.63, 3.8) is 0 Å². The van der Waals surface area contributed by atoms with Crippen molar-refractivity contribution in [3.8, 4) is 22.4 Å². The Kier molecular flexibility index (Phi) is 2.90. The lowest BCUT2D eigenvalue weighted by atomic mass is 10.0. The van der Waals surface area contributed by atoms with Gasteiger partial charge in [0.2, 0.25) is 0 Å². The highest BCUT2D eigenvalue weighted by molar-refractivity contribution is 5.87. The van der Waals surface area contributed by atoms with Crippen molar-refractivity contribution >= 4 is 5.82 Å². The maximum atomic E-state index is 13.9. The fraction of sp³-hybridized carbons (Fsp3) is 0. The van der Waals surface area contributed by atoms with E-state index < -0.39 is 11.6 Å². The van der Waals surface area contributed by atoms with Crippen LogP contribution in [0.15, 0.2) is 42.7 Å². The normalized spacial score (nSPS) is 10.7. The number of aromatic amines is 1. The van der Waals surface area contributed by atoms with E-state index in [9.17, 15) is 8.78 Å². The smallest absolute Gasteiger partial charge is 0.153 e. The number of halogens is 2. The summed E-state index contributed by atoms with van der Waals surface area (Å²) in [5, 5.41) is 6.60. The van der Waals surface area contributed by atoms with Gasteiger partial charge in [0.05, 0.1) is 11.3 Å². The van der Waals surface area contributed by atoms with Crippen molar-refractivity contribution in [1.82, 2.24) is 15.2 Å². The first-order chi connectivity index (χ1) is 9.66. The largest absolute Gasteiger partial charge is 0.382 e. The van der Waals surface area contributed by atoms with E-state index in [1.807, 2.05) is 0 Å². The van der Waals surface area contributed by atoms with E-state index in [0.717, 1.165) is 11.6 Å². The minimum atomic E-state index is -0.677. The average molecular weight is 272 g/mol.